The van der Waals surface area contributed by atoms with Gasteiger partial charge in [-0.25, -0.2) is 4.98 Å². The van der Waals surface area contributed by atoms with Crippen molar-refractivity contribution in [2.75, 3.05) is 11.9 Å². The highest BCUT2D eigenvalue weighted by molar-refractivity contribution is 5.80. The first-order valence-electron chi connectivity index (χ1n) is 7.16. The number of aryl methyl sites for hydroxylation is 2. The number of benzene rings is 1. The molecule has 3 rings (SSSR count). The summed E-state index contributed by atoms with van der Waals surface area (Å²) in [5.41, 5.74) is 3.18. The third kappa shape index (κ3) is 2.91. The molecule has 1 unspecified atom stereocenters. The fraction of sp³-hybridized carbons (Fsp3) is 0.375. The average molecular weight is 285 g/mol. The maximum absolute atomic E-state index is 12.3. The van der Waals surface area contributed by atoms with Crippen molar-refractivity contribution in [1.29, 1.82) is 0 Å². The van der Waals surface area contributed by atoms with E-state index in [0.29, 0.717) is 19.0 Å². The molecule has 2 aromatic rings. The SMILES string of the molecule is Cc1nc(CNC(=O)C2CNc3ccccc3C2)oc1C. The van der Waals surface area contributed by atoms with Crippen LogP contribution in [0.15, 0.2) is 28.7 Å². The molecule has 1 aromatic carbocycles. The van der Waals surface area contributed by atoms with Crippen molar-refractivity contribution in [1.82, 2.24) is 10.3 Å². The fourth-order valence-electron chi connectivity index (χ4n) is 2.55. The Hall–Kier alpha value is -2.30. The lowest BCUT2D eigenvalue weighted by Crippen LogP contribution is -2.37. The van der Waals surface area contributed by atoms with Crippen LogP contribution in [0.25, 0.3) is 0 Å². The van der Waals surface area contributed by atoms with E-state index in [-0.39, 0.29) is 11.8 Å². The number of nitrogens with zero attached hydrogens (tertiary/aromatic N) is 1. The third-order valence-electron chi connectivity index (χ3n) is 3.88. The summed E-state index contributed by atoms with van der Waals surface area (Å²) < 4.78 is 5.47. The smallest absolute Gasteiger partial charge is 0.225 e. The molecule has 2 N–H and O–H groups in total. The second-order valence-corrected chi connectivity index (χ2v) is 5.41. The monoisotopic (exact) mass is 285 g/mol. The molecule has 0 aliphatic carbocycles. The fourth-order valence-corrected chi connectivity index (χ4v) is 2.55. The molecule has 1 aromatic heterocycles. The zero-order chi connectivity index (χ0) is 14.8. The summed E-state index contributed by atoms with van der Waals surface area (Å²) in [6, 6.07) is 8.10. The number of amides is 1. The number of hydrogen-bond donors (Lipinski definition) is 2. The van der Waals surface area contributed by atoms with E-state index in [1.807, 2.05) is 32.0 Å². The Morgan fingerprint density at radius 2 is 2.24 bits per heavy atom. The van der Waals surface area contributed by atoms with Gasteiger partial charge in [0.2, 0.25) is 11.8 Å². The highest BCUT2D eigenvalue weighted by atomic mass is 16.4. The minimum atomic E-state index is -0.0583. The number of fused-ring (bicyclic) bond motifs is 1. The number of anilines is 1. The molecule has 0 saturated carbocycles. The molecule has 0 spiro atoms. The molecule has 5 nitrogen and oxygen atoms in total. The van der Waals surface area contributed by atoms with Gasteiger partial charge in [-0.1, -0.05) is 18.2 Å². The van der Waals surface area contributed by atoms with E-state index in [0.717, 1.165) is 23.6 Å². The van der Waals surface area contributed by atoms with Gasteiger partial charge < -0.3 is 15.1 Å². The zero-order valence-electron chi connectivity index (χ0n) is 12.3. The maximum Gasteiger partial charge on any atom is 0.225 e. The van der Waals surface area contributed by atoms with E-state index < -0.39 is 0 Å². The van der Waals surface area contributed by atoms with Crippen LogP contribution in [0.5, 0.6) is 0 Å². The van der Waals surface area contributed by atoms with E-state index >= 15 is 0 Å². The molecule has 0 saturated heterocycles. The minimum absolute atomic E-state index is 0.0329. The van der Waals surface area contributed by atoms with Crippen LogP contribution in [0, 0.1) is 19.8 Å². The molecular formula is C16H19N3O2. The Morgan fingerprint density at radius 1 is 1.43 bits per heavy atom. The second-order valence-electron chi connectivity index (χ2n) is 5.41. The number of rotatable bonds is 3. The standard InChI is InChI=1S/C16H19N3O2/c1-10-11(2)21-15(19-10)9-18-16(20)13-7-12-5-3-4-6-14(12)17-8-13/h3-6,13,17H,7-9H2,1-2H3,(H,18,20). The topological polar surface area (TPSA) is 67.2 Å². The molecule has 2 heterocycles. The highest BCUT2D eigenvalue weighted by Crippen LogP contribution is 2.24. The summed E-state index contributed by atoms with van der Waals surface area (Å²) in [6.45, 7) is 4.76. The van der Waals surface area contributed by atoms with Gasteiger partial charge in [-0.2, -0.15) is 0 Å². The number of hydrogen-bond acceptors (Lipinski definition) is 4. The Bertz CT molecular complexity index is 644. The molecule has 5 heteroatoms. The van der Waals surface area contributed by atoms with Crippen molar-refractivity contribution in [2.45, 2.75) is 26.8 Å². The number of oxazole rings is 1. The molecule has 1 atom stereocenters. The molecule has 1 aliphatic rings. The Labute approximate surface area is 123 Å². The molecule has 0 radical (unpaired) electrons. The lowest BCUT2D eigenvalue weighted by Gasteiger charge is -2.25. The van der Waals surface area contributed by atoms with E-state index in [9.17, 15) is 4.79 Å². The molecule has 21 heavy (non-hydrogen) atoms. The normalized spacial score (nSPS) is 17.0. The van der Waals surface area contributed by atoms with Crippen molar-refractivity contribution in [3.63, 3.8) is 0 Å². The lowest BCUT2D eigenvalue weighted by molar-refractivity contribution is -0.124. The van der Waals surface area contributed by atoms with Gasteiger partial charge in [-0.05, 0) is 31.9 Å². The number of para-hydroxylation sites is 1. The molecule has 0 fully saturated rings. The van der Waals surface area contributed by atoms with E-state index in [4.69, 9.17) is 4.42 Å². The average Bonchev–Trinajstić information content (AvgIpc) is 2.83. The summed E-state index contributed by atoms with van der Waals surface area (Å²) in [4.78, 5) is 16.5. The molecule has 1 aliphatic heterocycles. The number of carbonyl (C=O) groups is 1. The van der Waals surface area contributed by atoms with Gasteiger partial charge >= 0.3 is 0 Å². The summed E-state index contributed by atoms with van der Waals surface area (Å²) in [7, 11) is 0. The number of aromatic nitrogens is 1. The quantitative estimate of drug-likeness (QED) is 0.907. The summed E-state index contributed by atoms with van der Waals surface area (Å²) in [5, 5.41) is 6.21. The van der Waals surface area contributed by atoms with Crippen molar-refractivity contribution in [3.8, 4) is 0 Å². The first-order chi connectivity index (χ1) is 10.1. The summed E-state index contributed by atoms with van der Waals surface area (Å²) >= 11 is 0. The predicted octanol–water partition coefficient (Wildman–Crippen LogP) is 2.19. The van der Waals surface area contributed by atoms with Crippen molar-refractivity contribution in [2.24, 2.45) is 5.92 Å². The van der Waals surface area contributed by atoms with Gasteiger partial charge in [0.15, 0.2) is 0 Å². The third-order valence-corrected chi connectivity index (χ3v) is 3.88. The van der Waals surface area contributed by atoms with Crippen LogP contribution in [0.3, 0.4) is 0 Å². The first-order valence-corrected chi connectivity index (χ1v) is 7.16. The van der Waals surface area contributed by atoms with Crippen molar-refractivity contribution >= 4 is 11.6 Å². The van der Waals surface area contributed by atoms with Gasteiger partial charge in [0, 0.05) is 12.2 Å². The van der Waals surface area contributed by atoms with Crippen LogP contribution in [-0.4, -0.2) is 17.4 Å². The Kier molecular flexibility index (Phi) is 3.64. The molecule has 1 amide bonds. The minimum Gasteiger partial charge on any atom is -0.444 e. The van der Waals surface area contributed by atoms with Crippen molar-refractivity contribution in [3.05, 3.63) is 47.2 Å². The van der Waals surface area contributed by atoms with E-state index in [1.165, 1.54) is 5.56 Å². The van der Waals surface area contributed by atoms with Crippen LogP contribution in [-0.2, 0) is 17.8 Å². The van der Waals surface area contributed by atoms with Gasteiger partial charge in [-0.15, -0.1) is 0 Å². The first kappa shape index (κ1) is 13.7. The van der Waals surface area contributed by atoms with Crippen molar-refractivity contribution < 1.29 is 9.21 Å². The van der Waals surface area contributed by atoms with Gasteiger partial charge in [0.1, 0.15) is 5.76 Å². The predicted molar refractivity (Wildman–Crippen MR) is 79.9 cm³/mol. The Morgan fingerprint density at radius 3 is 3.00 bits per heavy atom. The summed E-state index contributed by atoms with van der Waals surface area (Å²) in [5.74, 6) is 1.33. The van der Waals surface area contributed by atoms with Gasteiger partial charge in [0.05, 0.1) is 18.2 Å². The number of nitrogens with one attached hydrogen (secondary N) is 2. The largest absolute Gasteiger partial charge is 0.444 e. The summed E-state index contributed by atoms with van der Waals surface area (Å²) in [6.07, 6.45) is 0.763. The van der Waals surface area contributed by atoms with Crippen LogP contribution < -0.4 is 10.6 Å². The molecule has 110 valence electrons. The van der Waals surface area contributed by atoms with E-state index in [2.05, 4.69) is 21.7 Å². The van der Waals surface area contributed by atoms with Crippen LogP contribution in [0.4, 0.5) is 5.69 Å². The van der Waals surface area contributed by atoms with Crippen LogP contribution >= 0.6 is 0 Å². The van der Waals surface area contributed by atoms with Crippen LogP contribution in [0.1, 0.15) is 22.9 Å². The molecular weight excluding hydrogens is 266 g/mol. The van der Waals surface area contributed by atoms with E-state index in [1.54, 1.807) is 0 Å². The zero-order valence-corrected chi connectivity index (χ0v) is 12.3. The molecule has 0 bridgehead atoms. The van der Waals surface area contributed by atoms with Gasteiger partial charge in [0.25, 0.3) is 0 Å². The highest BCUT2D eigenvalue weighted by Gasteiger charge is 2.24. The van der Waals surface area contributed by atoms with Gasteiger partial charge in [-0.3, -0.25) is 4.79 Å². The maximum atomic E-state index is 12.3. The van der Waals surface area contributed by atoms with Crippen LogP contribution in [0.2, 0.25) is 0 Å². The second kappa shape index (κ2) is 5.60. The lowest BCUT2D eigenvalue weighted by atomic mass is 9.93. The Balaban J connectivity index is 1.59. The number of carbonyl (C=O) groups excluding carboxylic acids is 1.